The van der Waals surface area contributed by atoms with Crippen LogP contribution in [0, 0.1) is 56.2 Å². The molecule has 138 valence electrons. The highest BCUT2D eigenvalue weighted by atomic mass is 35.5. The van der Waals surface area contributed by atoms with E-state index in [1.807, 2.05) is 12.1 Å². The van der Waals surface area contributed by atoms with E-state index in [-0.39, 0.29) is 0 Å². The molecule has 0 amide bonds. The molecule has 4 atom stereocenters. The second-order valence-electron chi connectivity index (χ2n) is 6.83. The monoisotopic (exact) mass is 392 g/mol. The molecule has 3 heterocycles. The predicted octanol–water partition coefficient (Wildman–Crippen LogP) is 4.04. The van der Waals surface area contributed by atoms with Crippen molar-refractivity contribution in [3.63, 3.8) is 0 Å². The molecular weight excluding hydrogens is 380 g/mol. The fourth-order valence-electron chi connectivity index (χ4n) is 4.27. The van der Waals surface area contributed by atoms with E-state index in [2.05, 4.69) is 6.07 Å². The van der Waals surface area contributed by atoms with Gasteiger partial charge in [0.05, 0.1) is 36.7 Å². The Morgan fingerprint density at radius 1 is 1.07 bits per heavy atom. The first-order valence-corrected chi connectivity index (χ1v) is 8.77. The molecule has 2 saturated heterocycles. The molecule has 0 aliphatic carbocycles. The fraction of sp³-hybridized carbons (Fsp3) is 0.300. The van der Waals surface area contributed by atoms with Crippen molar-refractivity contribution in [2.75, 3.05) is 0 Å². The van der Waals surface area contributed by atoms with E-state index in [0.717, 1.165) is 0 Å². The molecule has 2 aliphatic rings. The first-order valence-electron chi connectivity index (χ1n) is 8.39. The van der Waals surface area contributed by atoms with Gasteiger partial charge in [-0.05, 0) is 18.2 Å². The van der Waals surface area contributed by atoms with Crippen LogP contribution < -0.4 is 0 Å². The van der Waals surface area contributed by atoms with Crippen LogP contribution >= 0.6 is 11.6 Å². The van der Waals surface area contributed by atoms with Crippen LogP contribution in [0.15, 0.2) is 47.3 Å². The summed E-state index contributed by atoms with van der Waals surface area (Å²) in [6.07, 6.45) is 1.57. The standard InChI is InChI=1S/C20H13ClN4O3/c1-12-19(11-24)17(25)28-20(12,14-2-4-15(21)5-3-14)27-16(13-6-7-26-8-13)18(19,9-22)10-23/h2-8,12,16,25H,1H3. The number of benzene rings is 1. The molecule has 2 bridgehead atoms. The number of hydrogen-bond donors (Lipinski definition) is 1. The highest BCUT2D eigenvalue weighted by Gasteiger charge is 2.79. The zero-order valence-electron chi connectivity index (χ0n) is 14.6. The van der Waals surface area contributed by atoms with Crippen molar-refractivity contribution in [1.29, 1.82) is 21.2 Å². The number of halogens is 1. The van der Waals surface area contributed by atoms with Crippen LogP contribution in [0.1, 0.15) is 24.2 Å². The molecule has 4 unspecified atom stereocenters. The van der Waals surface area contributed by atoms with Crippen LogP contribution in [-0.2, 0) is 15.3 Å². The lowest BCUT2D eigenvalue weighted by molar-refractivity contribution is -0.288. The highest BCUT2D eigenvalue weighted by Crippen LogP contribution is 2.68. The number of nitrogens with one attached hydrogen (secondary N) is 1. The quantitative estimate of drug-likeness (QED) is 0.821. The van der Waals surface area contributed by atoms with E-state index in [0.29, 0.717) is 16.1 Å². The summed E-state index contributed by atoms with van der Waals surface area (Å²) in [6.45, 7) is 1.65. The number of fused-ring (bicyclic) bond motifs is 2. The van der Waals surface area contributed by atoms with E-state index in [1.54, 1.807) is 37.3 Å². The summed E-state index contributed by atoms with van der Waals surface area (Å²) in [5.74, 6) is -2.82. The normalized spacial score (nSPS) is 32.6. The molecule has 1 aromatic heterocycles. The molecule has 28 heavy (non-hydrogen) atoms. The van der Waals surface area contributed by atoms with Crippen molar-refractivity contribution in [1.82, 2.24) is 0 Å². The third kappa shape index (κ3) is 1.86. The van der Waals surface area contributed by atoms with Gasteiger partial charge < -0.3 is 13.9 Å². The minimum Gasteiger partial charge on any atom is -0.472 e. The van der Waals surface area contributed by atoms with Gasteiger partial charge in [0.15, 0.2) is 5.41 Å². The third-order valence-corrected chi connectivity index (χ3v) is 6.01. The number of nitriles is 3. The minimum atomic E-state index is -2.01. The SMILES string of the molecule is CC1C2(c3ccc(Cl)cc3)OC(=N)C1(C#N)C(C#N)(C#N)C(c1ccoc1)O2. The van der Waals surface area contributed by atoms with Crippen molar-refractivity contribution in [2.45, 2.75) is 18.8 Å². The molecule has 4 rings (SSSR count). The summed E-state index contributed by atoms with van der Waals surface area (Å²) in [4.78, 5) is 0. The minimum absolute atomic E-state index is 0.409. The van der Waals surface area contributed by atoms with Crippen molar-refractivity contribution >= 4 is 17.5 Å². The number of nitrogens with zero attached hydrogens (tertiary/aromatic N) is 3. The van der Waals surface area contributed by atoms with E-state index in [1.165, 1.54) is 12.5 Å². The van der Waals surface area contributed by atoms with E-state index >= 15 is 0 Å². The Morgan fingerprint density at radius 2 is 1.75 bits per heavy atom. The van der Waals surface area contributed by atoms with Gasteiger partial charge in [0.25, 0.3) is 0 Å². The molecule has 2 aromatic rings. The first-order chi connectivity index (χ1) is 13.4. The van der Waals surface area contributed by atoms with Gasteiger partial charge in [0, 0.05) is 16.1 Å². The van der Waals surface area contributed by atoms with Gasteiger partial charge in [-0.1, -0.05) is 30.7 Å². The third-order valence-electron chi connectivity index (χ3n) is 5.76. The van der Waals surface area contributed by atoms with E-state index in [9.17, 15) is 15.8 Å². The Morgan fingerprint density at radius 3 is 2.29 bits per heavy atom. The van der Waals surface area contributed by atoms with Crippen LogP contribution in [-0.4, -0.2) is 5.90 Å². The maximum absolute atomic E-state index is 10.2. The Labute approximate surface area is 165 Å². The maximum Gasteiger partial charge on any atom is 0.244 e. The molecule has 0 radical (unpaired) electrons. The Balaban J connectivity index is 2.04. The average molecular weight is 393 g/mol. The molecule has 2 aliphatic heterocycles. The largest absolute Gasteiger partial charge is 0.472 e. The lowest BCUT2D eigenvalue weighted by atomic mass is 9.53. The molecule has 0 spiro atoms. The summed E-state index contributed by atoms with van der Waals surface area (Å²) in [7, 11) is 0. The average Bonchev–Trinajstić information content (AvgIpc) is 3.28. The molecule has 8 heteroatoms. The van der Waals surface area contributed by atoms with Gasteiger partial charge in [-0.2, -0.15) is 15.8 Å². The van der Waals surface area contributed by atoms with Gasteiger partial charge in [-0.25, -0.2) is 0 Å². The Hall–Kier alpha value is -3.31. The van der Waals surface area contributed by atoms with Crippen molar-refractivity contribution in [2.24, 2.45) is 16.7 Å². The van der Waals surface area contributed by atoms with Crippen molar-refractivity contribution in [3.05, 3.63) is 59.0 Å². The number of furan rings is 1. The number of rotatable bonds is 2. The van der Waals surface area contributed by atoms with Gasteiger partial charge in [0.2, 0.25) is 17.1 Å². The van der Waals surface area contributed by atoms with Gasteiger partial charge in [0.1, 0.15) is 6.10 Å². The summed E-state index contributed by atoms with van der Waals surface area (Å²) in [5, 5.41) is 39.2. The summed E-state index contributed by atoms with van der Waals surface area (Å²) >= 11 is 5.99. The molecule has 1 aromatic carbocycles. The van der Waals surface area contributed by atoms with Crippen LogP contribution in [0.2, 0.25) is 5.02 Å². The van der Waals surface area contributed by atoms with E-state index < -0.39 is 34.5 Å². The summed E-state index contributed by atoms with van der Waals surface area (Å²) in [6, 6.07) is 14.2. The maximum atomic E-state index is 10.2. The molecule has 2 fully saturated rings. The van der Waals surface area contributed by atoms with Gasteiger partial charge in [-0.3, -0.25) is 5.41 Å². The van der Waals surface area contributed by atoms with Crippen molar-refractivity contribution < 1.29 is 13.9 Å². The first kappa shape index (κ1) is 18.1. The Bertz CT molecular complexity index is 1060. The summed E-state index contributed by atoms with van der Waals surface area (Å²) < 4.78 is 17.3. The lowest BCUT2D eigenvalue weighted by Gasteiger charge is -2.48. The van der Waals surface area contributed by atoms with Gasteiger partial charge in [-0.15, -0.1) is 0 Å². The molecule has 7 nitrogen and oxygen atoms in total. The van der Waals surface area contributed by atoms with E-state index in [4.69, 9.17) is 30.9 Å². The second kappa shape index (κ2) is 5.84. The molecule has 0 saturated carbocycles. The Kier molecular flexibility index (Phi) is 3.77. The van der Waals surface area contributed by atoms with Crippen LogP contribution in [0.4, 0.5) is 0 Å². The number of ether oxygens (including phenoxy) is 2. The lowest BCUT2D eigenvalue weighted by Crippen LogP contribution is -2.57. The fourth-order valence-corrected chi connectivity index (χ4v) is 4.40. The van der Waals surface area contributed by atoms with Crippen LogP contribution in [0.3, 0.4) is 0 Å². The zero-order valence-corrected chi connectivity index (χ0v) is 15.4. The van der Waals surface area contributed by atoms with Gasteiger partial charge >= 0.3 is 0 Å². The predicted molar refractivity (Wildman–Crippen MR) is 95.3 cm³/mol. The smallest absolute Gasteiger partial charge is 0.244 e. The summed E-state index contributed by atoms with van der Waals surface area (Å²) in [5.41, 5.74) is -2.90. The molecule has 1 N–H and O–H groups in total. The topological polar surface area (TPSA) is 127 Å². The second-order valence-corrected chi connectivity index (χ2v) is 7.27. The molecular formula is C20H13ClN4O3. The number of hydrogen-bond acceptors (Lipinski definition) is 7. The zero-order chi connectivity index (χ0) is 20.2. The van der Waals surface area contributed by atoms with Crippen LogP contribution in [0.25, 0.3) is 0 Å². The highest BCUT2D eigenvalue weighted by molar-refractivity contribution is 6.30. The van der Waals surface area contributed by atoms with Crippen LogP contribution in [0.5, 0.6) is 0 Å². The van der Waals surface area contributed by atoms with Crippen molar-refractivity contribution in [3.8, 4) is 18.2 Å².